The quantitative estimate of drug-likeness (QED) is 0.178. The Morgan fingerprint density at radius 1 is 1.10 bits per heavy atom. The minimum absolute atomic E-state index is 0.101. The molecule has 10 nitrogen and oxygen atoms in total. The minimum Gasteiger partial charge on any atom is -0.485 e. The molecule has 0 spiro atoms. The number of hydrogen-bond donors (Lipinski definition) is 4. The van der Waals surface area contributed by atoms with Crippen LogP contribution in [0.5, 0.6) is 5.75 Å². The Morgan fingerprint density at radius 2 is 1.80 bits per heavy atom. The standard InChI is InChI=1S/C23H19F3N6O3S.C2H6.CH5N/c1-13(14-2-4-15(24)5-3-14)35-19-10-16(32-36(34)23(25)26)6-7-17(19)21-18(12-33)22(31-30-21)29-20-11-27-8-9-28-20;2*1-2/h2-13,23,32H,1H3,(H2,28,29,30,31);1-2H3;2H2,1H3. The number of anilines is 3. The molecule has 0 aliphatic heterocycles. The highest BCUT2D eigenvalue weighted by molar-refractivity contribution is 7.86. The molecule has 0 radical (unpaired) electrons. The maximum atomic E-state index is 13.3. The molecule has 214 valence electrons. The molecule has 0 amide bonds. The summed E-state index contributed by atoms with van der Waals surface area (Å²) >= 11 is 0. The molecule has 4 rings (SSSR count). The number of benzene rings is 2. The number of nitrogens with zero attached hydrogens (tertiary/aromatic N) is 3. The molecule has 2 unspecified atom stereocenters. The number of carbonyl (C=O) groups is 1. The number of carbonyl (C=O) groups excluding carboxylic acids is 1. The Labute approximate surface area is 232 Å². The van der Waals surface area contributed by atoms with E-state index in [2.05, 4.69) is 35.9 Å². The maximum Gasteiger partial charge on any atom is 0.330 e. The Balaban J connectivity index is 0.00000134. The molecule has 2 aromatic carbocycles. The summed E-state index contributed by atoms with van der Waals surface area (Å²) in [7, 11) is -1.14. The van der Waals surface area contributed by atoms with E-state index in [-0.39, 0.29) is 28.5 Å². The molecule has 0 aliphatic carbocycles. The van der Waals surface area contributed by atoms with Crippen LogP contribution >= 0.6 is 0 Å². The third-order valence-electron chi connectivity index (χ3n) is 5.01. The van der Waals surface area contributed by atoms with E-state index in [1.807, 2.05) is 13.8 Å². The summed E-state index contributed by atoms with van der Waals surface area (Å²) in [5.74, 6) is -2.81. The number of nitrogens with one attached hydrogen (secondary N) is 3. The van der Waals surface area contributed by atoms with Crippen LogP contribution in [-0.2, 0) is 11.0 Å². The first-order valence-corrected chi connectivity index (χ1v) is 13.2. The zero-order valence-corrected chi connectivity index (χ0v) is 23.0. The molecule has 40 heavy (non-hydrogen) atoms. The fraction of sp³-hybridized carbons (Fsp3) is 0.231. The lowest BCUT2D eigenvalue weighted by molar-refractivity contribution is 0.112. The summed E-state index contributed by atoms with van der Waals surface area (Å²) in [5.41, 5.74) is 6.04. The van der Waals surface area contributed by atoms with Crippen LogP contribution in [0.2, 0.25) is 0 Å². The van der Waals surface area contributed by atoms with Crippen molar-refractivity contribution < 1.29 is 26.9 Å². The van der Waals surface area contributed by atoms with Crippen molar-refractivity contribution >= 4 is 34.6 Å². The van der Waals surface area contributed by atoms with Crippen molar-refractivity contribution in [1.29, 1.82) is 0 Å². The van der Waals surface area contributed by atoms with E-state index in [0.29, 0.717) is 23.2 Å². The number of H-pyrrole nitrogens is 1. The van der Waals surface area contributed by atoms with E-state index in [9.17, 15) is 22.2 Å². The van der Waals surface area contributed by atoms with Crippen LogP contribution in [0, 0.1) is 5.82 Å². The number of aromatic amines is 1. The molecule has 0 saturated heterocycles. The predicted octanol–water partition coefficient (Wildman–Crippen LogP) is 5.60. The van der Waals surface area contributed by atoms with Gasteiger partial charge in [0.05, 0.1) is 23.1 Å². The van der Waals surface area contributed by atoms with Crippen LogP contribution in [0.4, 0.5) is 30.5 Å². The SMILES string of the molecule is CC.CC(Oc1cc(NS(=O)C(F)F)ccc1-c1[nH]nc(Nc2cnccn2)c1C=O)c1ccc(F)cc1.CN. The molecular weight excluding hydrogens is 547 g/mol. The molecule has 0 aliphatic rings. The highest BCUT2D eigenvalue weighted by Gasteiger charge is 2.21. The van der Waals surface area contributed by atoms with Gasteiger partial charge in [0.2, 0.25) is 0 Å². The molecule has 2 aromatic heterocycles. The molecule has 0 saturated carbocycles. The van der Waals surface area contributed by atoms with Gasteiger partial charge in [0.15, 0.2) is 23.1 Å². The topological polar surface area (TPSA) is 148 Å². The second-order valence-corrected chi connectivity index (χ2v) is 8.53. The summed E-state index contributed by atoms with van der Waals surface area (Å²) < 4.78 is 58.9. The molecular formula is C26H30F3N7O3S. The van der Waals surface area contributed by atoms with Crippen LogP contribution in [0.3, 0.4) is 0 Å². The lowest BCUT2D eigenvalue weighted by Crippen LogP contribution is -2.12. The van der Waals surface area contributed by atoms with E-state index < -0.39 is 28.7 Å². The zero-order valence-electron chi connectivity index (χ0n) is 22.2. The Bertz CT molecular complexity index is 1370. The van der Waals surface area contributed by atoms with Crippen molar-refractivity contribution in [2.24, 2.45) is 5.73 Å². The number of hydrogen-bond acceptors (Lipinski definition) is 8. The highest BCUT2D eigenvalue weighted by Crippen LogP contribution is 2.38. The fourth-order valence-electron chi connectivity index (χ4n) is 3.29. The number of halogens is 3. The van der Waals surface area contributed by atoms with Gasteiger partial charge in [-0.3, -0.25) is 14.9 Å². The molecule has 14 heteroatoms. The second-order valence-electron chi connectivity index (χ2n) is 7.38. The molecule has 4 aromatic rings. The molecule has 5 N–H and O–H groups in total. The van der Waals surface area contributed by atoms with E-state index >= 15 is 0 Å². The third-order valence-corrected chi connectivity index (χ3v) is 5.77. The maximum absolute atomic E-state index is 13.3. The Hall–Kier alpha value is -4.30. The van der Waals surface area contributed by atoms with Gasteiger partial charge in [-0.05, 0) is 43.8 Å². The van der Waals surface area contributed by atoms with Crippen LogP contribution in [0.15, 0.2) is 61.1 Å². The average molecular weight is 578 g/mol. The number of nitrogens with two attached hydrogens (primary N) is 1. The lowest BCUT2D eigenvalue weighted by Gasteiger charge is -2.19. The van der Waals surface area contributed by atoms with E-state index in [1.54, 1.807) is 19.1 Å². The number of ether oxygens (including phenoxy) is 1. The van der Waals surface area contributed by atoms with Gasteiger partial charge < -0.3 is 20.5 Å². The minimum atomic E-state index is -3.10. The van der Waals surface area contributed by atoms with Crippen molar-refractivity contribution in [3.05, 3.63) is 78.0 Å². The number of alkyl halides is 2. The van der Waals surface area contributed by atoms with Crippen molar-refractivity contribution in [1.82, 2.24) is 20.2 Å². The molecule has 2 atom stereocenters. The van der Waals surface area contributed by atoms with Crippen molar-refractivity contribution in [2.45, 2.75) is 32.6 Å². The average Bonchev–Trinajstić information content (AvgIpc) is 3.38. The smallest absolute Gasteiger partial charge is 0.330 e. The Kier molecular flexibility index (Phi) is 12.7. The van der Waals surface area contributed by atoms with Crippen LogP contribution in [0.25, 0.3) is 11.3 Å². The van der Waals surface area contributed by atoms with E-state index in [4.69, 9.17) is 4.74 Å². The normalized spacial score (nSPS) is 11.7. The van der Waals surface area contributed by atoms with E-state index in [0.717, 1.165) is 0 Å². The van der Waals surface area contributed by atoms with Crippen molar-refractivity contribution in [2.75, 3.05) is 17.1 Å². The molecule has 0 fully saturated rings. The summed E-state index contributed by atoms with van der Waals surface area (Å²) in [4.78, 5) is 20.0. The van der Waals surface area contributed by atoms with Gasteiger partial charge in [-0.1, -0.05) is 26.0 Å². The lowest BCUT2D eigenvalue weighted by atomic mass is 10.1. The van der Waals surface area contributed by atoms with Crippen LogP contribution in [0.1, 0.15) is 42.8 Å². The van der Waals surface area contributed by atoms with Gasteiger partial charge in [-0.25, -0.2) is 13.6 Å². The summed E-state index contributed by atoms with van der Waals surface area (Å²) in [6.07, 6.45) is 4.40. The van der Waals surface area contributed by atoms with Crippen molar-refractivity contribution in [3.8, 4) is 17.0 Å². The first kappa shape index (κ1) is 31.9. The zero-order chi connectivity index (χ0) is 29.7. The van der Waals surface area contributed by atoms with Gasteiger partial charge in [-0.15, -0.1) is 0 Å². The van der Waals surface area contributed by atoms with Crippen molar-refractivity contribution in [3.63, 3.8) is 0 Å². The van der Waals surface area contributed by atoms with Crippen LogP contribution in [-0.4, -0.2) is 43.5 Å². The Morgan fingerprint density at radius 3 is 2.40 bits per heavy atom. The van der Waals surface area contributed by atoms with Gasteiger partial charge in [0.25, 0.3) is 0 Å². The van der Waals surface area contributed by atoms with E-state index in [1.165, 1.54) is 56.0 Å². The molecule has 2 heterocycles. The first-order chi connectivity index (χ1) is 19.4. The number of aldehydes is 1. The van der Waals surface area contributed by atoms with Crippen LogP contribution < -0.4 is 20.5 Å². The summed E-state index contributed by atoms with van der Waals surface area (Å²) in [6, 6.07) is 9.95. The van der Waals surface area contributed by atoms with Gasteiger partial charge in [0, 0.05) is 24.0 Å². The highest BCUT2D eigenvalue weighted by atomic mass is 32.2. The monoisotopic (exact) mass is 577 g/mol. The largest absolute Gasteiger partial charge is 0.485 e. The first-order valence-electron chi connectivity index (χ1n) is 12.0. The third kappa shape index (κ3) is 8.35. The fourth-order valence-corrected chi connectivity index (χ4v) is 3.74. The second kappa shape index (κ2) is 16.0. The summed E-state index contributed by atoms with van der Waals surface area (Å²) in [5, 5.41) is 9.82. The predicted molar refractivity (Wildman–Crippen MR) is 149 cm³/mol. The molecule has 0 bridgehead atoms. The van der Waals surface area contributed by atoms with Gasteiger partial charge >= 0.3 is 5.76 Å². The number of rotatable bonds is 10. The number of aromatic nitrogens is 4. The van der Waals surface area contributed by atoms with Gasteiger partial charge in [-0.2, -0.15) is 13.9 Å². The van der Waals surface area contributed by atoms with Gasteiger partial charge in [0.1, 0.15) is 23.5 Å². The summed E-state index contributed by atoms with van der Waals surface area (Å²) in [6.45, 7) is 5.71.